The molecule has 0 saturated carbocycles. The van der Waals surface area contributed by atoms with Crippen LogP contribution in [0.15, 0.2) is 54.9 Å². The lowest BCUT2D eigenvalue weighted by molar-refractivity contribution is -0.678. The Kier molecular flexibility index (Phi) is 2.41. The predicted molar refractivity (Wildman–Crippen MR) is 68.7 cm³/mol. The Morgan fingerprint density at radius 3 is 2.76 bits per heavy atom. The highest BCUT2D eigenvalue weighted by Gasteiger charge is 2.09. The zero-order chi connectivity index (χ0) is 11.7. The number of hydrogen-bond acceptors (Lipinski definition) is 0. The highest BCUT2D eigenvalue weighted by Crippen LogP contribution is 2.19. The van der Waals surface area contributed by atoms with Crippen molar-refractivity contribution in [3.63, 3.8) is 0 Å². The zero-order valence-corrected chi connectivity index (χ0v) is 9.85. The van der Waals surface area contributed by atoms with Gasteiger partial charge in [0.05, 0.1) is 6.42 Å². The summed E-state index contributed by atoms with van der Waals surface area (Å²) in [6, 6.07) is 14.7. The molecule has 1 aromatic carbocycles. The van der Waals surface area contributed by atoms with Crippen molar-refractivity contribution in [2.24, 2.45) is 7.05 Å². The van der Waals surface area contributed by atoms with E-state index in [1.807, 2.05) is 0 Å². The fraction of sp³-hybridized carbons (Fsp3) is 0.133. The first-order valence-corrected chi connectivity index (χ1v) is 5.83. The summed E-state index contributed by atoms with van der Waals surface area (Å²) >= 11 is 0. The number of pyridine rings is 1. The van der Waals surface area contributed by atoms with Crippen LogP contribution in [0, 0.1) is 0 Å². The Labute approximate surface area is 101 Å². The van der Waals surface area contributed by atoms with Crippen molar-refractivity contribution in [3.05, 3.63) is 66.1 Å². The predicted octanol–water partition coefficient (Wildman–Crippen LogP) is 2.58. The van der Waals surface area contributed by atoms with Gasteiger partial charge >= 0.3 is 0 Å². The van der Waals surface area contributed by atoms with Crippen molar-refractivity contribution in [1.29, 1.82) is 0 Å². The van der Waals surface area contributed by atoms with Crippen molar-refractivity contribution in [2.75, 3.05) is 0 Å². The minimum absolute atomic E-state index is 0.960. The first-order chi connectivity index (χ1) is 8.34. The molecule has 3 rings (SSSR count). The molecule has 0 amide bonds. The molecule has 0 spiro atoms. The van der Waals surface area contributed by atoms with Gasteiger partial charge in [-0.3, -0.25) is 0 Å². The highest BCUT2D eigenvalue weighted by atomic mass is 14.9. The molecule has 0 fully saturated rings. The number of aryl methyl sites for hydroxylation is 1. The molecule has 0 radical (unpaired) electrons. The van der Waals surface area contributed by atoms with Gasteiger partial charge in [-0.1, -0.05) is 24.3 Å². The van der Waals surface area contributed by atoms with Crippen LogP contribution in [-0.4, -0.2) is 4.98 Å². The number of rotatable bonds is 2. The van der Waals surface area contributed by atoms with Gasteiger partial charge in [-0.15, -0.1) is 0 Å². The maximum Gasteiger partial charge on any atom is 0.185 e. The van der Waals surface area contributed by atoms with Gasteiger partial charge in [0.15, 0.2) is 11.9 Å². The molecule has 0 bridgehead atoms. The Morgan fingerprint density at radius 2 is 1.88 bits per heavy atom. The van der Waals surface area contributed by atoms with Gasteiger partial charge in [0.1, 0.15) is 7.05 Å². The fourth-order valence-corrected chi connectivity index (χ4v) is 2.22. The molecule has 0 aliphatic heterocycles. The second-order valence-corrected chi connectivity index (χ2v) is 4.34. The molecule has 2 heteroatoms. The van der Waals surface area contributed by atoms with E-state index in [2.05, 4.69) is 71.5 Å². The number of hydrogen-bond donors (Lipinski definition) is 1. The summed E-state index contributed by atoms with van der Waals surface area (Å²) in [6.07, 6.45) is 5.16. The SMILES string of the molecule is C[n+]1ccccc1Cc1c[nH]c2ccccc12. The molecule has 0 aliphatic rings. The summed E-state index contributed by atoms with van der Waals surface area (Å²) in [6.45, 7) is 0. The van der Waals surface area contributed by atoms with Crippen LogP contribution in [0.5, 0.6) is 0 Å². The van der Waals surface area contributed by atoms with Crippen molar-refractivity contribution in [2.45, 2.75) is 6.42 Å². The molecule has 17 heavy (non-hydrogen) atoms. The fourth-order valence-electron chi connectivity index (χ4n) is 2.22. The van der Waals surface area contributed by atoms with E-state index in [0.717, 1.165) is 6.42 Å². The monoisotopic (exact) mass is 223 g/mol. The average Bonchev–Trinajstić information content (AvgIpc) is 2.76. The standard InChI is InChI=1S/C15H15N2/c1-17-9-5-4-6-13(17)10-12-11-16-15-8-3-2-7-14(12)15/h2-9,11,16H,10H2,1H3/q+1. The molecule has 0 saturated heterocycles. The van der Waals surface area contributed by atoms with Crippen molar-refractivity contribution < 1.29 is 4.57 Å². The number of nitrogens with zero attached hydrogens (tertiary/aromatic N) is 1. The summed E-state index contributed by atoms with van der Waals surface area (Å²) in [7, 11) is 2.09. The minimum atomic E-state index is 0.960. The van der Waals surface area contributed by atoms with Crippen LogP contribution < -0.4 is 4.57 Å². The Morgan fingerprint density at radius 1 is 1.06 bits per heavy atom. The third-order valence-corrected chi connectivity index (χ3v) is 3.21. The molecule has 3 aromatic rings. The number of benzene rings is 1. The Bertz CT molecular complexity index is 653. The topological polar surface area (TPSA) is 19.7 Å². The number of H-pyrrole nitrogens is 1. The maximum atomic E-state index is 3.32. The van der Waals surface area contributed by atoms with Gasteiger partial charge in [0.25, 0.3) is 0 Å². The molecule has 0 unspecified atom stereocenters. The summed E-state index contributed by atoms with van der Waals surface area (Å²) in [5.41, 5.74) is 3.88. The lowest BCUT2D eigenvalue weighted by Crippen LogP contribution is -2.32. The third-order valence-electron chi connectivity index (χ3n) is 3.21. The van der Waals surface area contributed by atoms with E-state index >= 15 is 0 Å². The van der Waals surface area contributed by atoms with Crippen LogP contribution in [0.1, 0.15) is 11.3 Å². The van der Waals surface area contributed by atoms with Crippen molar-refractivity contribution in [1.82, 2.24) is 4.98 Å². The largest absolute Gasteiger partial charge is 0.361 e. The van der Waals surface area contributed by atoms with Crippen molar-refractivity contribution in [3.8, 4) is 0 Å². The smallest absolute Gasteiger partial charge is 0.185 e. The average molecular weight is 223 g/mol. The van der Waals surface area contributed by atoms with E-state index in [-0.39, 0.29) is 0 Å². The highest BCUT2D eigenvalue weighted by molar-refractivity contribution is 5.83. The lowest BCUT2D eigenvalue weighted by atomic mass is 10.1. The molecule has 2 heterocycles. The number of nitrogens with one attached hydrogen (secondary N) is 1. The van der Waals surface area contributed by atoms with Gasteiger partial charge in [-0.2, -0.15) is 0 Å². The van der Waals surface area contributed by atoms with Crippen LogP contribution in [-0.2, 0) is 13.5 Å². The van der Waals surface area contributed by atoms with Crippen LogP contribution in [0.25, 0.3) is 10.9 Å². The van der Waals surface area contributed by atoms with E-state index in [1.165, 1.54) is 22.2 Å². The van der Waals surface area contributed by atoms with E-state index in [9.17, 15) is 0 Å². The molecule has 1 N–H and O–H groups in total. The number of fused-ring (bicyclic) bond motifs is 1. The second kappa shape index (κ2) is 4.06. The zero-order valence-electron chi connectivity index (χ0n) is 9.85. The molecule has 2 aromatic heterocycles. The minimum Gasteiger partial charge on any atom is -0.361 e. The van der Waals surface area contributed by atoms with E-state index in [1.54, 1.807) is 0 Å². The number of aromatic nitrogens is 2. The molecule has 0 aliphatic carbocycles. The second-order valence-electron chi connectivity index (χ2n) is 4.34. The van der Waals surface area contributed by atoms with Crippen LogP contribution in [0.2, 0.25) is 0 Å². The number of para-hydroxylation sites is 1. The normalized spacial score (nSPS) is 10.9. The third kappa shape index (κ3) is 1.82. The van der Waals surface area contributed by atoms with Crippen LogP contribution in [0.4, 0.5) is 0 Å². The van der Waals surface area contributed by atoms with Gasteiger partial charge < -0.3 is 4.98 Å². The summed E-state index contributed by atoms with van der Waals surface area (Å²) in [5.74, 6) is 0. The lowest BCUT2D eigenvalue weighted by Gasteiger charge is -1.98. The molecular formula is C15H15N2+. The quantitative estimate of drug-likeness (QED) is 0.644. The van der Waals surface area contributed by atoms with E-state index in [0.29, 0.717) is 0 Å². The summed E-state index contributed by atoms with van der Waals surface area (Å²) in [5, 5.41) is 1.32. The number of aromatic amines is 1. The Balaban J connectivity index is 2.03. The molecular weight excluding hydrogens is 208 g/mol. The molecule has 0 atom stereocenters. The first-order valence-electron chi connectivity index (χ1n) is 5.83. The summed E-state index contributed by atoms with van der Waals surface area (Å²) < 4.78 is 2.17. The van der Waals surface area contributed by atoms with Gasteiger partial charge in [-0.25, -0.2) is 4.57 Å². The Hall–Kier alpha value is -2.09. The van der Waals surface area contributed by atoms with E-state index in [4.69, 9.17) is 0 Å². The maximum absolute atomic E-state index is 3.32. The van der Waals surface area contributed by atoms with Gasteiger partial charge in [0.2, 0.25) is 0 Å². The molecule has 84 valence electrons. The first kappa shape index (κ1) is 10.1. The van der Waals surface area contributed by atoms with Crippen molar-refractivity contribution >= 4 is 10.9 Å². The van der Waals surface area contributed by atoms with Crippen LogP contribution in [0.3, 0.4) is 0 Å². The van der Waals surface area contributed by atoms with Gasteiger partial charge in [0, 0.05) is 29.2 Å². The van der Waals surface area contributed by atoms with Gasteiger partial charge in [-0.05, 0) is 11.6 Å². The summed E-state index contributed by atoms with van der Waals surface area (Å²) in [4.78, 5) is 3.32. The van der Waals surface area contributed by atoms with E-state index < -0.39 is 0 Å². The molecule has 2 nitrogen and oxygen atoms in total. The van der Waals surface area contributed by atoms with Crippen LogP contribution >= 0.6 is 0 Å².